The van der Waals surface area contributed by atoms with E-state index < -0.39 is 0 Å². The number of nitrogens with zero attached hydrogens (tertiary/aromatic N) is 5. The molecule has 3 saturated heterocycles. The second-order valence-corrected chi connectivity index (χ2v) is 17.1. The summed E-state index contributed by atoms with van der Waals surface area (Å²) in [7, 11) is 0. The number of rotatable bonds is 7. The Morgan fingerprint density at radius 2 is 1.23 bits per heavy atom. The van der Waals surface area contributed by atoms with Crippen LogP contribution in [0.15, 0.2) is 61.7 Å². The molecular weight excluding hydrogens is 697 g/mol. The Bertz CT molecular complexity index is 2070. The average molecular weight is 759 g/mol. The molecule has 4 aromatic rings. The molecule has 2 aromatic carbocycles. The van der Waals surface area contributed by atoms with E-state index in [2.05, 4.69) is 70.6 Å². The molecule has 0 unspecified atom stereocenters. The maximum Gasteiger partial charge on any atom is 0.253 e. The molecule has 0 spiro atoms. The van der Waals surface area contributed by atoms with Gasteiger partial charge < -0.3 is 29.0 Å². The van der Waals surface area contributed by atoms with Gasteiger partial charge in [0.1, 0.15) is 0 Å². The summed E-state index contributed by atoms with van der Waals surface area (Å²) >= 11 is 0. The quantitative estimate of drug-likeness (QED) is 0.197. The zero-order valence-corrected chi connectivity index (χ0v) is 33.9. The number of piperidine rings is 2. The highest BCUT2D eigenvalue weighted by Gasteiger charge is 2.30. The van der Waals surface area contributed by atoms with Crippen molar-refractivity contribution in [1.29, 1.82) is 0 Å². The lowest BCUT2D eigenvalue weighted by atomic mass is 9.97. The molecule has 0 atom stereocenters. The van der Waals surface area contributed by atoms with E-state index in [4.69, 9.17) is 4.74 Å². The van der Waals surface area contributed by atoms with Crippen LogP contribution in [-0.2, 0) is 43.8 Å². The molecule has 2 aromatic heterocycles. The summed E-state index contributed by atoms with van der Waals surface area (Å²) in [4.78, 5) is 32.9. The van der Waals surface area contributed by atoms with Crippen LogP contribution in [0.25, 0.3) is 21.8 Å². The van der Waals surface area contributed by atoms with Gasteiger partial charge in [0.15, 0.2) is 0 Å². The normalized spacial score (nSPS) is 20.0. The summed E-state index contributed by atoms with van der Waals surface area (Å²) in [6.45, 7) is 23.3. The van der Waals surface area contributed by atoms with Crippen molar-refractivity contribution in [2.75, 3.05) is 52.5 Å². The predicted octanol–water partition coefficient (Wildman–Crippen LogP) is 7.58. The molecule has 298 valence electrons. The van der Waals surface area contributed by atoms with E-state index in [-0.39, 0.29) is 11.8 Å². The van der Waals surface area contributed by atoms with Crippen LogP contribution in [0.1, 0.15) is 95.6 Å². The minimum absolute atomic E-state index is 0.183. The summed E-state index contributed by atoms with van der Waals surface area (Å²) in [6, 6.07) is 13.2. The van der Waals surface area contributed by atoms with Gasteiger partial charge in [-0.05, 0) is 97.9 Å². The largest absolute Gasteiger partial charge is 0.381 e. The number of ether oxygens (including phenoxy) is 1. The summed E-state index contributed by atoms with van der Waals surface area (Å²) in [5, 5.41) is 5.95. The number of carbonyl (C=O) groups is 2. The van der Waals surface area contributed by atoms with Crippen molar-refractivity contribution in [1.82, 2.24) is 29.2 Å². The van der Waals surface area contributed by atoms with Gasteiger partial charge in [0, 0.05) is 142 Å². The molecular formula is C47H62N6O3. The van der Waals surface area contributed by atoms with Gasteiger partial charge in [0.25, 0.3) is 11.8 Å². The van der Waals surface area contributed by atoms with Crippen LogP contribution in [0, 0.1) is 11.8 Å². The fraction of sp³-hybridized carbons (Fsp3) is 0.532. The van der Waals surface area contributed by atoms with Gasteiger partial charge >= 0.3 is 0 Å². The molecule has 0 aliphatic carbocycles. The second kappa shape index (κ2) is 17.1. The minimum atomic E-state index is 0.183. The molecule has 56 heavy (non-hydrogen) atoms. The van der Waals surface area contributed by atoms with Crippen LogP contribution in [0.5, 0.6) is 0 Å². The van der Waals surface area contributed by atoms with Crippen molar-refractivity contribution in [3.05, 3.63) is 95.3 Å². The van der Waals surface area contributed by atoms with Crippen LogP contribution >= 0.6 is 0 Å². The van der Waals surface area contributed by atoms with Crippen molar-refractivity contribution in [3.8, 4) is 0 Å². The van der Waals surface area contributed by atoms with Gasteiger partial charge in [-0.1, -0.05) is 26.0 Å². The number of nitrogens with one attached hydrogen (secondary N) is 1. The number of aromatic nitrogens is 2. The van der Waals surface area contributed by atoms with E-state index >= 15 is 0 Å². The van der Waals surface area contributed by atoms with Gasteiger partial charge in [-0.25, -0.2) is 0 Å². The molecule has 9 nitrogen and oxygen atoms in total. The third kappa shape index (κ3) is 7.74. The van der Waals surface area contributed by atoms with Crippen molar-refractivity contribution < 1.29 is 14.3 Å². The topological polar surface area (TPSA) is 75.0 Å². The summed E-state index contributed by atoms with van der Waals surface area (Å²) in [6.07, 6.45) is 12.7. The number of fused-ring (bicyclic) bond motifs is 6. The van der Waals surface area contributed by atoms with E-state index in [9.17, 15) is 9.59 Å². The van der Waals surface area contributed by atoms with Crippen LogP contribution in [0.2, 0.25) is 0 Å². The highest BCUT2D eigenvalue weighted by molar-refractivity contribution is 6.00. The van der Waals surface area contributed by atoms with Crippen molar-refractivity contribution in [3.63, 3.8) is 0 Å². The molecule has 9 rings (SSSR count). The Balaban J connectivity index is 0.000000161. The van der Waals surface area contributed by atoms with E-state index in [1.807, 2.05) is 34.1 Å². The molecule has 7 heterocycles. The SMILES string of the molecule is C=CCn1c2c(c3cc(C(=O)N4CCC(C)CC4)ccc31)CN(C1CCOCC1)CC2.C=CCn1c2c(c3cc(C(=O)N4CCC(C)CC4)ccc31)CNCC2. The molecule has 1 N–H and O–H groups in total. The molecule has 9 heteroatoms. The van der Waals surface area contributed by atoms with E-state index in [0.29, 0.717) is 6.04 Å². The zero-order chi connectivity index (χ0) is 38.8. The number of carbonyl (C=O) groups excluding carboxylic acids is 2. The number of likely N-dealkylation sites (tertiary alicyclic amines) is 2. The van der Waals surface area contributed by atoms with E-state index in [0.717, 1.165) is 153 Å². The molecule has 5 aliphatic rings. The Labute approximate surface area is 333 Å². The average Bonchev–Trinajstić information content (AvgIpc) is 3.72. The first-order valence-corrected chi connectivity index (χ1v) is 21.4. The monoisotopic (exact) mass is 758 g/mol. The number of hydrogen-bond acceptors (Lipinski definition) is 5. The highest BCUT2D eigenvalue weighted by atomic mass is 16.5. The molecule has 2 amide bonds. The Morgan fingerprint density at radius 1 is 0.714 bits per heavy atom. The lowest BCUT2D eigenvalue weighted by Crippen LogP contribution is -2.42. The predicted molar refractivity (Wildman–Crippen MR) is 226 cm³/mol. The van der Waals surface area contributed by atoms with E-state index in [1.54, 1.807) is 0 Å². The van der Waals surface area contributed by atoms with Crippen molar-refractivity contribution >= 4 is 33.6 Å². The zero-order valence-electron chi connectivity index (χ0n) is 33.9. The van der Waals surface area contributed by atoms with Gasteiger partial charge in [-0.2, -0.15) is 0 Å². The standard InChI is InChI=1S/C26H35N3O2.C21H27N3O/c1-3-11-29-24-5-4-20(26(30)27-12-6-19(2)7-13-27)17-22(24)23-18-28(14-8-25(23)29)21-9-15-31-16-10-21;1-3-10-24-19-5-4-16(21(25)23-11-7-15(2)8-12-23)13-17(19)18-14-22-9-6-20(18)24/h3-5,17,19,21H,1,6-16,18H2,2H3;3-5,13,15,22H,1,6-12,14H2,2H3. The third-order valence-corrected chi connectivity index (χ3v) is 13.4. The minimum Gasteiger partial charge on any atom is -0.381 e. The first kappa shape index (κ1) is 38.7. The Kier molecular flexibility index (Phi) is 11.8. The van der Waals surface area contributed by atoms with Gasteiger partial charge in [0.2, 0.25) is 0 Å². The van der Waals surface area contributed by atoms with E-state index in [1.165, 1.54) is 44.3 Å². The Morgan fingerprint density at radius 3 is 1.77 bits per heavy atom. The first-order valence-electron chi connectivity index (χ1n) is 21.4. The smallest absolute Gasteiger partial charge is 0.253 e. The number of amides is 2. The van der Waals surface area contributed by atoms with Crippen LogP contribution < -0.4 is 5.32 Å². The first-order chi connectivity index (χ1) is 27.3. The van der Waals surface area contributed by atoms with Gasteiger partial charge in [0.05, 0.1) is 0 Å². The van der Waals surface area contributed by atoms with Gasteiger partial charge in [-0.3, -0.25) is 14.5 Å². The fourth-order valence-corrected chi connectivity index (χ4v) is 9.94. The maximum absolute atomic E-state index is 13.2. The molecule has 0 bridgehead atoms. The van der Waals surface area contributed by atoms with Gasteiger partial charge in [-0.15, -0.1) is 13.2 Å². The third-order valence-electron chi connectivity index (χ3n) is 13.4. The number of hydrogen-bond donors (Lipinski definition) is 1. The summed E-state index contributed by atoms with van der Waals surface area (Å²) in [5.41, 5.74) is 9.70. The van der Waals surface area contributed by atoms with Crippen molar-refractivity contribution in [2.45, 2.75) is 97.4 Å². The maximum atomic E-state index is 13.2. The summed E-state index contributed by atoms with van der Waals surface area (Å²) < 4.78 is 10.4. The lowest BCUT2D eigenvalue weighted by Gasteiger charge is -2.37. The van der Waals surface area contributed by atoms with Crippen LogP contribution in [0.3, 0.4) is 0 Å². The number of allylic oxidation sites excluding steroid dienone is 2. The number of benzene rings is 2. The second-order valence-electron chi connectivity index (χ2n) is 17.1. The molecule has 3 fully saturated rings. The lowest BCUT2D eigenvalue weighted by molar-refractivity contribution is 0.0289. The van der Waals surface area contributed by atoms with Crippen molar-refractivity contribution in [2.24, 2.45) is 11.8 Å². The fourth-order valence-electron chi connectivity index (χ4n) is 9.94. The molecule has 0 radical (unpaired) electrons. The van der Waals surface area contributed by atoms with Crippen LogP contribution in [-0.4, -0.2) is 94.2 Å². The summed E-state index contributed by atoms with van der Waals surface area (Å²) in [5.74, 6) is 1.83. The highest BCUT2D eigenvalue weighted by Crippen LogP contribution is 2.35. The Hall–Kier alpha value is -4.18. The molecule has 0 saturated carbocycles. The molecule has 5 aliphatic heterocycles. The van der Waals surface area contributed by atoms with Crippen LogP contribution in [0.4, 0.5) is 0 Å².